The Morgan fingerprint density at radius 2 is 2.46 bits per heavy atom. The summed E-state index contributed by atoms with van der Waals surface area (Å²) in [5.41, 5.74) is 5.61. The van der Waals surface area contributed by atoms with Gasteiger partial charge in [0, 0.05) is 24.7 Å². The maximum absolute atomic E-state index is 4.59. The summed E-state index contributed by atoms with van der Waals surface area (Å²) in [4.78, 5) is 4.59. The van der Waals surface area contributed by atoms with E-state index in [0.29, 0.717) is 0 Å². The van der Waals surface area contributed by atoms with E-state index in [2.05, 4.69) is 34.8 Å². The van der Waals surface area contributed by atoms with Crippen molar-refractivity contribution in [1.29, 1.82) is 0 Å². The molecule has 2 aliphatic heterocycles. The fourth-order valence-electron chi connectivity index (χ4n) is 1.81. The minimum Gasteiger partial charge on any atom is -0.270 e. The van der Waals surface area contributed by atoms with Gasteiger partial charge in [-0.2, -0.15) is 0 Å². The molecule has 0 aromatic carbocycles. The minimum atomic E-state index is 1.000. The Hall–Kier alpha value is -1.35. The molecule has 1 fully saturated rings. The predicted molar refractivity (Wildman–Crippen MR) is 51.8 cm³/mol. The molecule has 3 nitrogen and oxygen atoms in total. The van der Waals surface area contributed by atoms with Crippen LogP contribution in [-0.2, 0) is 0 Å². The van der Waals surface area contributed by atoms with Gasteiger partial charge in [-0.15, -0.1) is 0 Å². The number of allylic oxidation sites excluding steroid dienone is 3. The van der Waals surface area contributed by atoms with Crippen LogP contribution in [0.1, 0.15) is 12.8 Å². The number of nitrogens with zero attached hydrogens (tertiary/aromatic N) is 2. The Balaban J connectivity index is 2.04. The van der Waals surface area contributed by atoms with E-state index in [4.69, 9.17) is 0 Å². The van der Waals surface area contributed by atoms with Crippen molar-refractivity contribution in [2.45, 2.75) is 12.8 Å². The van der Waals surface area contributed by atoms with Crippen molar-refractivity contribution in [3.05, 3.63) is 35.7 Å². The van der Waals surface area contributed by atoms with E-state index < -0.39 is 0 Å². The third-order valence-corrected chi connectivity index (χ3v) is 2.47. The molecule has 0 aromatic heterocycles. The van der Waals surface area contributed by atoms with Gasteiger partial charge in [0.05, 0.1) is 5.70 Å². The average molecular weight is 173 g/mol. The van der Waals surface area contributed by atoms with Crippen LogP contribution in [0.3, 0.4) is 0 Å². The van der Waals surface area contributed by atoms with E-state index in [0.717, 1.165) is 30.9 Å². The molecule has 0 amide bonds. The van der Waals surface area contributed by atoms with Gasteiger partial charge in [0.15, 0.2) is 0 Å². The molecular weight excluding hydrogens is 162 g/mol. The zero-order valence-electron chi connectivity index (χ0n) is 7.33. The van der Waals surface area contributed by atoms with Crippen molar-refractivity contribution in [2.75, 3.05) is 6.54 Å². The summed E-state index contributed by atoms with van der Waals surface area (Å²) in [6, 6.07) is 0. The van der Waals surface area contributed by atoms with Gasteiger partial charge >= 0.3 is 0 Å². The smallest absolute Gasteiger partial charge is 0.124 e. The third kappa shape index (κ3) is 1.04. The lowest BCUT2D eigenvalue weighted by Crippen LogP contribution is -2.31. The maximum Gasteiger partial charge on any atom is 0.124 e. The molecular formula is C10H11N3. The first-order valence-corrected chi connectivity index (χ1v) is 4.63. The van der Waals surface area contributed by atoms with Gasteiger partial charge in [-0.05, 0) is 6.42 Å². The fourth-order valence-corrected chi connectivity index (χ4v) is 1.81. The molecule has 0 aromatic rings. The minimum absolute atomic E-state index is 1.000. The summed E-state index contributed by atoms with van der Waals surface area (Å²) >= 11 is 0. The Morgan fingerprint density at radius 3 is 3.46 bits per heavy atom. The SMILES string of the molecule is C1=CC2=CN3NCCC3=NC2=CC1. The first-order valence-electron chi connectivity index (χ1n) is 4.63. The van der Waals surface area contributed by atoms with E-state index in [1.54, 1.807) is 0 Å². The molecule has 66 valence electrons. The van der Waals surface area contributed by atoms with E-state index in [9.17, 15) is 0 Å². The first kappa shape index (κ1) is 7.09. The highest BCUT2D eigenvalue weighted by atomic mass is 15.5. The van der Waals surface area contributed by atoms with Gasteiger partial charge in [-0.3, -0.25) is 5.01 Å². The highest BCUT2D eigenvalue weighted by molar-refractivity contribution is 5.87. The van der Waals surface area contributed by atoms with Crippen LogP contribution in [0, 0.1) is 0 Å². The van der Waals surface area contributed by atoms with Crippen molar-refractivity contribution in [3.63, 3.8) is 0 Å². The third-order valence-electron chi connectivity index (χ3n) is 2.47. The molecule has 0 saturated carbocycles. The number of aliphatic imine (C=N–C) groups is 1. The Morgan fingerprint density at radius 1 is 1.46 bits per heavy atom. The van der Waals surface area contributed by atoms with E-state index in [-0.39, 0.29) is 0 Å². The second-order valence-corrected chi connectivity index (χ2v) is 3.37. The van der Waals surface area contributed by atoms with Crippen LogP contribution in [0.2, 0.25) is 0 Å². The molecule has 3 aliphatic rings. The van der Waals surface area contributed by atoms with E-state index in [1.165, 1.54) is 5.57 Å². The topological polar surface area (TPSA) is 27.6 Å². The Labute approximate surface area is 77.1 Å². The quantitative estimate of drug-likeness (QED) is 0.598. The zero-order chi connectivity index (χ0) is 8.67. The molecule has 13 heavy (non-hydrogen) atoms. The van der Waals surface area contributed by atoms with Crippen molar-refractivity contribution in [1.82, 2.24) is 10.4 Å². The first-order chi connectivity index (χ1) is 6.43. The van der Waals surface area contributed by atoms with Crippen LogP contribution in [0.25, 0.3) is 0 Å². The van der Waals surface area contributed by atoms with Gasteiger partial charge < -0.3 is 0 Å². The Kier molecular flexibility index (Phi) is 1.40. The monoisotopic (exact) mass is 173 g/mol. The second kappa shape index (κ2) is 2.57. The summed E-state index contributed by atoms with van der Waals surface area (Å²) in [5, 5.41) is 2.03. The van der Waals surface area contributed by atoms with Gasteiger partial charge in [-0.1, -0.05) is 18.2 Å². The van der Waals surface area contributed by atoms with Crippen LogP contribution in [0.4, 0.5) is 0 Å². The zero-order valence-corrected chi connectivity index (χ0v) is 7.33. The molecule has 0 radical (unpaired) electrons. The number of hydrogen-bond donors (Lipinski definition) is 1. The van der Waals surface area contributed by atoms with Crippen molar-refractivity contribution < 1.29 is 0 Å². The molecule has 0 atom stereocenters. The van der Waals surface area contributed by atoms with E-state index >= 15 is 0 Å². The standard InChI is InChI=1S/C10H11N3/c1-2-4-9-8(3-1)7-13-10(12-9)5-6-11-13/h1,3-4,7,11H,2,5-6H2. The average Bonchev–Trinajstić information content (AvgIpc) is 2.61. The highest BCUT2D eigenvalue weighted by Crippen LogP contribution is 2.25. The normalized spacial score (nSPS) is 24.6. The van der Waals surface area contributed by atoms with Crippen LogP contribution < -0.4 is 5.43 Å². The van der Waals surface area contributed by atoms with Crippen LogP contribution in [0.5, 0.6) is 0 Å². The van der Waals surface area contributed by atoms with Gasteiger partial charge in [0.2, 0.25) is 0 Å². The van der Waals surface area contributed by atoms with Crippen molar-refractivity contribution in [2.24, 2.45) is 4.99 Å². The van der Waals surface area contributed by atoms with Gasteiger partial charge in [0.1, 0.15) is 5.84 Å². The summed E-state index contributed by atoms with van der Waals surface area (Å²) in [6.07, 6.45) is 10.6. The molecule has 2 heterocycles. The summed E-state index contributed by atoms with van der Waals surface area (Å²) in [7, 11) is 0. The van der Waals surface area contributed by atoms with Crippen LogP contribution in [-0.4, -0.2) is 17.4 Å². The predicted octanol–water partition coefficient (Wildman–Crippen LogP) is 1.34. The molecule has 0 spiro atoms. The molecule has 3 heteroatoms. The largest absolute Gasteiger partial charge is 0.270 e. The lowest BCUT2D eigenvalue weighted by atomic mass is 10.1. The molecule has 1 aliphatic carbocycles. The molecule has 1 saturated heterocycles. The molecule has 0 unspecified atom stereocenters. The summed E-state index contributed by atoms with van der Waals surface area (Å²) < 4.78 is 0. The highest BCUT2D eigenvalue weighted by Gasteiger charge is 2.22. The number of fused-ring (bicyclic) bond motifs is 2. The number of rotatable bonds is 0. The van der Waals surface area contributed by atoms with Crippen LogP contribution >= 0.6 is 0 Å². The van der Waals surface area contributed by atoms with Crippen molar-refractivity contribution in [3.8, 4) is 0 Å². The van der Waals surface area contributed by atoms with Crippen molar-refractivity contribution >= 4 is 5.84 Å². The fraction of sp³-hybridized carbons (Fsp3) is 0.300. The Bertz CT molecular complexity index is 360. The number of hydrazine groups is 1. The van der Waals surface area contributed by atoms with Gasteiger partial charge in [-0.25, -0.2) is 10.4 Å². The lowest BCUT2D eigenvalue weighted by Gasteiger charge is -2.22. The lowest BCUT2D eigenvalue weighted by molar-refractivity contribution is 0.456. The van der Waals surface area contributed by atoms with E-state index in [1.807, 2.05) is 5.01 Å². The number of hydrogen-bond acceptors (Lipinski definition) is 3. The molecule has 3 rings (SSSR count). The number of amidine groups is 1. The molecule has 0 bridgehead atoms. The maximum atomic E-state index is 4.59. The van der Waals surface area contributed by atoms with Gasteiger partial charge in [0.25, 0.3) is 0 Å². The van der Waals surface area contributed by atoms with Crippen LogP contribution in [0.15, 0.2) is 40.7 Å². The number of nitrogens with one attached hydrogen (secondary N) is 1. The molecule has 1 N–H and O–H groups in total. The summed E-state index contributed by atoms with van der Waals surface area (Å²) in [6.45, 7) is 1.000. The second-order valence-electron chi connectivity index (χ2n) is 3.37. The summed E-state index contributed by atoms with van der Waals surface area (Å²) in [5.74, 6) is 1.14.